The number of carbonyl (C=O) groups is 2. The van der Waals surface area contributed by atoms with Gasteiger partial charge in [0.2, 0.25) is 11.8 Å². The zero-order valence-corrected chi connectivity index (χ0v) is 26.9. The minimum absolute atomic E-state index is 0.0301. The lowest BCUT2D eigenvalue weighted by atomic mass is 10.0. The fourth-order valence-electron chi connectivity index (χ4n) is 4.62. The van der Waals surface area contributed by atoms with Crippen molar-refractivity contribution < 1.29 is 18.0 Å². The van der Waals surface area contributed by atoms with Gasteiger partial charge in [0.05, 0.1) is 10.6 Å². The molecule has 0 fully saturated rings. The Labute approximate surface area is 269 Å². The van der Waals surface area contributed by atoms with E-state index in [-0.39, 0.29) is 35.4 Å². The van der Waals surface area contributed by atoms with Crippen molar-refractivity contribution in [1.29, 1.82) is 0 Å². The summed E-state index contributed by atoms with van der Waals surface area (Å²) >= 11 is 12.2. The molecule has 7 nitrogen and oxygen atoms in total. The maximum Gasteiger partial charge on any atom is 0.264 e. The molecule has 0 bridgehead atoms. The minimum atomic E-state index is -4.18. The molecular weight excluding hydrogens is 617 g/mol. The van der Waals surface area contributed by atoms with Gasteiger partial charge in [-0.3, -0.25) is 13.9 Å². The smallest absolute Gasteiger partial charge is 0.264 e. The minimum Gasteiger partial charge on any atom is -0.354 e. The molecule has 0 aromatic heterocycles. The number of sulfonamides is 1. The monoisotopic (exact) mass is 651 g/mol. The molecule has 0 heterocycles. The van der Waals surface area contributed by atoms with Crippen LogP contribution in [0.2, 0.25) is 10.0 Å². The van der Waals surface area contributed by atoms with Gasteiger partial charge in [-0.05, 0) is 65.6 Å². The highest BCUT2D eigenvalue weighted by Crippen LogP contribution is 2.26. The van der Waals surface area contributed by atoms with E-state index in [0.717, 1.165) is 15.4 Å². The van der Waals surface area contributed by atoms with Crippen LogP contribution in [-0.2, 0) is 32.6 Å². The van der Waals surface area contributed by atoms with E-state index < -0.39 is 28.5 Å². The third-order valence-corrected chi connectivity index (χ3v) is 9.24. The van der Waals surface area contributed by atoms with Crippen LogP contribution in [0.1, 0.15) is 25.0 Å². The topological polar surface area (TPSA) is 86.8 Å². The van der Waals surface area contributed by atoms with Crippen molar-refractivity contribution in [2.75, 3.05) is 17.4 Å². The molecule has 0 aliphatic heterocycles. The Bertz CT molecular complexity index is 1630. The molecule has 0 aliphatic carbocycles. The maximum absolute atomic E-state index is 14.4. The second-order valence-electron chi connectivity index (χ2n) is 10.8. The maximum atomic E-state index is 14.4. The molecule has 4 aromatic carbocycles. The van der Waals surface area contributed by atoms with Crippen LogP contribution >= 0.6 is 23.2 Å². The second-order valence-corrected chi connectivity index (χ2v) is 13.5. The predicted octanol–water partition coefficient (Wildman–Crippen LogP) is 6.60. The molecule has 1 atom stereocenters. The Morgan fingerprint density at radius 2 is 1.30 bits per heavy atom. The van der Waals surface area contributed by atoms with Crippen molar-refractivity contribution in [2.45, 2.75) is 37.8 Å². The van der Waals surface area contributed by atoms with E-state index in [2.05, 4.69) is 5.32 Å². The molecule has 10 heteroatoms. The van der Waals surface area contributed by atoms with E-state index in [1.54, 1.807) is 66.7 Å². The van der Waals surface area contributed by atoms with Crippen LogP contribution in [0.5, 0.6) is 0 Å². The first kappa shape index (κ1) is 33.1. The van der Waals surface area contributed by atoms with Gasteiger partial charge < -0.3 is 10.2 Å². The summed E-state index contributed by atoms with van der Waals surface area (Å²) in [6.07, 6.45) is 0.233. The highest BCUT2D eigenvalue weighted by Gasteiger charge is 2.34. The molecule has 2 amide bonds. The standard InChI is InChI=1S/C34H35Cl2N3O4S/c1-25(2)22-37-34(41)32(21-26-9-5-3-6-10-26)38(23-27-13-15-28(35)16-14-27)33(40)24-39(30-19-17-29(36)18-20-30)44(42,43)31-11-7-4-8-12-31/h3-20,25,32H,21-24H2,1-2H3,(H,37,41)/t32-/m1/s1. The Morgan fingerprint density at radius 3 is 1.86 bits per heavy atom. The van der Waals surface area contributed by atoms with Crippen LogP contribution in [-0.4, -0.2) is 44.3 Å². The molecule has 4 aromatic rings. The Hall–Kier alpha value is -3.85. The van der Waals surface area contributed by atoms with Gasteiger partial charge in [0.15, 0.2) is 0 Å². The molecule has 0 radical (unpaired) electrons. The third kappa shape index (κ3) is 8.85. The summed E-state index contributed by atoms with van der Waals surface area (Å²) in [6.45, 7) is 3.91. The van der Waals surface area contributed by atoms with Crippen molar-refractivity contribution in [2.24, 2.45) is 5.92 Å². The summed E-state index contributed by atoms with van der Waals surface area (Å²) in [6, 6.07) is 29.6. The van der Waals surface area contributed by atoms with Gasteiger partial charge in [-0.15, -0.1) is 0 Å². The second kappa shape index (κ2) is 15.2. The molecule has 0 saturated heterocycles. The number of carbonyl (C=O) groups excluding carboxylic acids is 2. The van der Waals surface area contributed by atoms with Gasteiger partial charge in [-0.1, -0.05) is 97.7 Å². The summed E-state index contributed by atoms with van der Waals surface area (Å²) in [5, 5.41) is 3.93. The van der Waals surface area contributed by atoms with E-state index in [1.807, 2.05) is 44.2 Å². The van der Waals surface area contributed by atoms with Gasteiger partial charge in [0.1, 0.15) is 12.6 Å². The van der Waals surface area contributed by atoms with Gasteiger partial charge in [-0.2, -0.15) is 0 Å². The number of nitrogens with one attached hydrogen (secondary N) is 1. The summed E-state index contributed by atoms with van der Waals surface area (Å²) in [5.41, 5.74) is 1.86. The van der Waals surface area contributed by atoms with E-state index in [0.29, 0.717) is 16.6 Å². The van der Waals surface area contributed by atoms with E-state index in [9.17, 15) is 18.0 Å². The molecule has 0 aliphatic rings. The first-order chi connectivity index (χ1) is 21.0. The molecule has 230 valence electrons. The quantitative estimate of drug-likeness (QED) is 0.176. The largest absolute Gasteiger partial charge is 0.354 e. The first-order valence-electron chi connectivity index (χ1n) is 14.2. The van der Waals surface area contributed by atoms with Crippen molar-refractivity contribution in [3.05, 3.63) is 130 Å². The van der Waals surface area contributed by atoms with Crippen molar-refractivity contribution in [1.82, 2.24) is 10.2 Å². The SMILES string of the molecule is CC(C)CNC(=O)[C@@H](Cc1ccccc1)N(Cc1ccc(Cl)cc1)C(=O)CN(c1ccc(Cl)cc1)S(=O)(=O)c1ccccc1. The molecule has 1 N–H and O–H groups in total. The molecule has 0 spiro atoms. The summed E-state index contributed by atoms with van der Waals surface area (Å²) in [4.78, 5) is 29.7. The van der Waals surface area contributed by atoms with Crippen LogP contribution in [0.4, 0.5) is 5.69 Å². The Morgan fingerprint density at radius 1 is 0.750 bits per heavy atom. The van der Waals surface area contributed by atoms with Gasteiger partial charge in [-0.25, -0.2) is 8.42 Å². The van der Waals surface area contributed by atoms with E-state index in [4.69, 9.17) is 23.2 Å². The zero-order chi connectivity index (χ0) is 31.7. The van der Waals surface area contributed by atoms with Crippen LogP contribution in [0.15, 0.2) is 114 Å². The van der Waals surface area contributed by atoms with E-state index >= 15 is 0 Å². The fourth-order valence-corrected chi connectivity index (χ4v) is 6.31. The molecule has 44 heavy (non-hydrogen) atoms. The molecular formula is C34H35Cl2N3O4S. The molecule has 0 saturated carbocycles. The van der Waals surface area contributed by atoms with E-state index in [1.165, 1.54) is 17.0 Å². The number of benzene rings is 4. The lowest BCUT2D eigenvalue weighted by Crippen LogP contribution is -2.53. The highest BCUT2D eigenvalue weighted by molar-refractivity contribution is 7.92. The Kier molecular flexibility index (Phi) is 11.4. The van der Waals surface area contributed by atoms with Crippen molar-refractivity contribution in [3.63, 3.8) is 0 Å². The molecule has 4 rings (SSSR count). The van der Waals surface area contributed by atoms with Crippen molar-refractivity contribution in [3.8, 4) is 0 Å². The zero-order valence-electron chi connectivity index (χ0n) is 24.6. The van der Waals surface area contributed by atoms with Crippen LogP contribution in [0, 0.1) is 5.92 Å². The molecule has 0 unspecified atom stereocenters. The average molecular weight is 653 g/mol. The predicted molar refractivity (Wildman–Crippen MR) is 176 cm³/mol. The highest BCUT2D eigenvalue weighted by atomic mass is 35.5. The number of hydrogen-bond donors (Lipinski definition) is 1. The van der Waals surface area contributed by atoms with Gasteiger partial charge >= 0.3 is 0 Å². The number of rotatable bonds is 13. The Balaban J connectivity index is 1.78. The van der Waals surface area contributed by atoms with Crippen LogP contribution in [0.25, 0.3) is 0 Å². The number of amides is 2. The van der Waals surface area contributed by atoms with Crippen LogP contribution in [0.3, 0.4) is 0 Å². The summed E-state index contributed by atoms with van der Waals surface area (Å²) < 4.78 is 29.0. The van der Waals surface area contributed by atoms with Gasteiger partial charge in [0.25, 0.3) is 10.0 Å². The lowest BCUT2D eigenvalue weighted by molar-refractivity contribution is -0.140. The summed E-state index contributed by atoms with van der Waals surface area (Å²) in [7, 11) is -4.18. The average Bonchev–Trinajstić information content (AvgIpc) is 3.02. The third-order valence-electron chi connectivity index (χ3n) is 6.95. The fraction of sp³-hybridized carbons (Fsp3) is 0.235. The number of nitrogens with zero attached hydrogens (tertiary/aromatic N) is 2. The number of anilines is 1. The summed E-state index contributed by atoms with van der Waals surface area (Å²) in [5.74, 6) is -0.683. The normalized spacial score (nSPS) is 12.0. The lowest BCUT2D eigenvalue weighted by Gasteiger charge is -2.34. The number of halogens is 2. The first-order valence-corrected chi connectivity index (χ1v) is 16.4. The van der Waals surface area contributed by atoms with Crippen LogP contribution < -0.4 is 9.62 Å². The number of hydrogen-bond acceptors (Lipinski definition) is 4. The van der Waals surface area contributed by atoms with Crippen molar-refractivity contribution >= 4 is 50.7 Å². The van der Waals surface area contributed by atoms with Gasteiger partial charge in [0, 0.05) is 29.6 Å².